The second-order valence-corrected chi connectivity index (χ2v) is 4.36. The summed E-state index contributed by atoms with van der Waals surface area (Å²) in [5, 5.41) is 9.09. The Hall–Kier alpha value is -1.02. The number of ether oxygens (including phenoxy) is 1. The lowest BCUT2D eigenvalue weighted by Crippen LogP contribution is -2.27. The van der Waals surface area contributed by atoms with Crippen molar-refractivity contribution in [1.29, 1.82) is 0 Å². The number of rotatable bonds is 1. The van der Waals surface area contributed by atoms with Gasteiger partial charge < -0.3 is 9.84 Å². The van der Waals surface area contributed by atoms with Crippen LogP contribution in [0.15, 0.2) is 24.3 Å². The zero-order valence-corrected chi connectivity index (χ0v) is 8.07. The van der Waals surface area contributed by atoms with Crippen LogP contribution in [-0.4, -0.2) is 17.3 Å². The Morgan fingerprint density at radius 2 is 2.29 bits per heavy atom. The minimum Gasteiger partial charge on any atom is -0.487 e. The lowest BCUT2D eigenvalue weighted by atomic mass is 10.00. The van der Waals surface area contributed by atoms with Gasteiger partial charge >= 0.3 is 0 Å². The van der Waals surface area contributed by atoms with Crippen LogP contribution in [0.1, 0.15) is 18.4 Å². The average molecular weight is 190 g/mol. The Morgan fingerprint density at radius 1 is 1.43 bits per heavy atom. The molecule has 14 heavy (non-hydrogen) atoms. The number of aliphatic hydroxyl groups is 1. The van der Waals surface area contributed by atoms with Crippen molar-refractivity contribution in [2.45, 2.75) is 24.9 Å². The average Bonchev–Trinajstić information content (AvgIpc) is 2.91. The lowest BCUT2D eigenvalue weighted by Gasteiger charge is -2.27. The normalized spacial score (nSPS) is 33.6. The maximum absolute atomic E-state index is 9.09. The summed E-state index contributed by atoms with van der Waals surface area (Å²) in [4.78, 5) is 0. The number of aryl methyl sites for hydroxylation is 1. The van der Waals surface area contributed by atoms with Gasteiger partial charge in [-0.25, -0.2) is 0 Å². The van der Waals surface area contributed by atoms with Crippen LogP contribution in [0, 0.1) is 5.92 Å². The zero-order valence-electron chi connectivity index (χ0n) is 8.07. The molecule has 0 amide bonds. The first-order valence-corrected chi connectivity index (χ1v) is 5.22. The molecular weight excluding hydrogens is 176 g/mol. The predicted molar refractivity (Wildman–Crippen MR) is 53.3 cm³/mol. The first kappa shape index (κ1) is 8.30. The van der Waals surface area contributed by atoms with Crippen molar-refractivity contribution < 1.29 is 9.84 Å². The van der Waals surface area contributed by atoms with Gasteiger partial charge in [0.2, 0.25) is 0 Å². The molecule has 1 N–H and O–H groups in total. The van der Waals surface area contributed by atoms with Gasteiger partial charge in [-0.15, -0.1) is 0 Å². The molecule has 1 aliphatic carbocycles. The van der Waals surface area contributed by atoms with Crippen molar-refractivity contribution >= 4 is 0 Å². The van der Waals surface area contributed by atoms with E-state index in [-0.39, 0.29) is 12.2 Å². The van der Waals surface area contributed by atoms with Crippen molar-refractivity contribution in [3.8, 4) is 5.75 Å². The third kappa shape index (κ3) is 1.07. The number of para-hydroxylation sites is 1. The van der Waals surface area contributed by atoms with Crippen LogP contribution in [0.3, 0.4) is 0 Å². The third-order valence-corrected chi connectivity index (χ3v) is 3.50. The van der Waals surface area contributed by atoms with Gasteiger partial charge in [0.1, 0.15) is 11.4 Å². The Kier molecular flexibility index (Phi) is 1.62. The van der Waals surface area contributed by atoms with Gasteiger partial charge in [-0.2, -0.15) is 0 Å². The van der Waals surface area contributed by atoms with E-state index in [0.29, 0.717) is 5.92 Å². The van der Waals surface area contributed by atoms with E-state index in [4.69, 9.17) is 9.84 Å². The molecule has 1 saturated carbocycles. The summed E-state index contributed by atoms with van der Waals surface area (Å²) in [6.07, 6.45) is 3.18. The highest BCUT2D eigenvalue weighted by molar-refractivity contribution is 5.37. The summed E-state index contributed by atoms with van der Waals surface area (Å²) in [7, 11) is 0. The SMILES string of the molecule is OCC1CC12CCc1ccccc1O2. The smallest absolute Gasteiger partial charge is 0.123 e. The van der Waals surface area contributed by atoms with E-state index in [0.717, 1.165) is 25.0 Å². The van der Waals surface area contributed by atoms with Gasteiger partial charge in [0, 0.05) is 12.5 Å². The van der Waals surface area contributed by atoms with Crippen LogP contribution in [0.25, 0.3) is 0 Å². The summed E-state index contributed by atoms with van der Waals surface area (Å²) in [6.45, 7) is 0.266. The Bertz CT molecular complexity index is 361. The summed E-state index contributed by atoms with van der Waals surface area (Å²) in [5.74, 6) is 1.39. The fourth-order valence-electron chi connectivity index (χ4n) is 2.45. The van der Waals surface area contributed by atoms with E-state index in [1.165, 1.54) is 5.56 Å². The van der Waals surface area contributed by atoms with Crippen LogP contribution in [0.5, 0.6) is 5.75 Å². The van der Waals surface area contributed by atoms with Crippen molar-refractivity contribution in [3.63, 3.8) is 0 Å². The quantitative estimate of drug-likeness (QED) is 0.731. The largest absolute Gasteiger partial charge is 0.487 e. The van der Waals surface area contributed by atoms with Gasteiger partial charge in [-0.1, -0.05) is 18.2 Å². The van der Waals surface area contributed by atoms with Gasteiger partial charge in [0.25, 0.3) is 0 Å². The lowest BCUT2D eigenvalue weighted by molar-refractivity contribution is 0.114. The Balaban J connectivity index is 1.88. The van der Waals surface area contributed by atoms with Crippen molar-refractivity contribution in [3.05, 3.63) is 29.8 Å². The molecule has 0 bridgehead atoms. The molecule has 1 aromatic carbocycles. The number of aliphatic hydroxyl groups excluding tert-OH is 1. The second kappa shape index (κ2) is 2.74. The first-order chi connectivity index (χ1) is 6.84. The minimum absolute atomic E-state index is 0.0108. The highest BCUT2D eigenvalue weighted by Crippen LogP contribution is 2.52. The maximum Gasteiger partial charge on any atom is 0.123 e. The van der Waals surface area contributed by atoms with Crippen LogP contribution in [-0.2, 0) is 6.42 Å². The number of hydrogen-bond donors (Lipinski definition) is 1. The number of fused-ring (bicyclic) bond motifs is 1. The van der Waals surface area contributed by atoms with E-state index in [1.54, 1.807) is 0 Å². The van der Waals surface area contributed by atoms with Gasteiger partial charge in [-0.3, -0.25) is 0 Å². The van der Waals surface area contributed by atoms with Crippen LogP contribution < -0.4 is 4.74 Å². The topological polar surface area (TPSA) is 29.5 Å². The summed E-state index contributed by atoms with van der Waals surface area (Å²) in [5.41, 5.74) is 1.30. The number of hydrogen-bond acceptors (Lipinski definition) is 2. The molecule has 1 spiro atoms. The monoisotopic (exact) mass is 190 g/mol. The van der Waals surface area contributed by atoms with Crippen molar-refractivity contribution in [1.82, 2.24) is 0 Å². The van der Waals surface area contributed by atoms with Gasteiger partial charge in [0.15, 0.2) is 0 Å². The Labute approximate surface area is 83.5 Å². The molecular formula is C12H14O2. The molecule has 2 atom stereocenters. The van der Waals surface area contributed by atoms with Crippen molar-refractivity contribution in [2.24, 2.45) is 5.92 Å². The highest BCUT2D eigenvalue weighted by atomic mass is 16.5. The fraction of sp³-hybridized carbons (Fsp3) is 0.500. The molecule has 0 saturated heterocycles. The van der Waals surface area contributed by atoms with E-state index < -0.39 is 0 Å². The van der Waals surface area contributed by atoms with Crippen LogP contribution in [0.2, 0.25) is 0 Å². The molecule has 74 valence electrons. The predicted octanol–water partition coefficient (Wildman–Crippen LogP) is 1.76. The van der Waals surface area contributed by atoms with Crippen molar-refractivity contribution in [2.75, 3.05) is 6.61 Å². The zero-order chi connectivity index (χ0) is 9.60. The summed E-state index contributed by atoms with van der Waals surface area (Å²) in [6, 6.07) is 8.21. The summed E-state index contributed by atoms with van der Waals surface area (Å²) >= 11 is 0. The molecule has 0 radical (unpaired) electrons. The van der Waals surface area contributed by atoms with Crippen LogP contribution in [0.4, 0.5) is 0 Å². The van der Waals surface area contributed by atoms with Gasteiger partial charge in [0.05, 0.1) is 0 Å². The first-order valence-electron chi connectivity index (χ1n) is 5.22. The standard InChI is InChI=1S/C12H14O2/c13-8-10-7-12(10)6-5-9-3-1-2-4-11(9)14-12/h1-4,10,13H,5-8H2. The van der Waals surface area contributed by atoms with E-state index >= 15 is 0 Å². The van der Waals surface area contributed by atoms with E-state index in [2.05, 4.69) is 12.1 Å². The van der Waals surface area contributed by atoms with Crippen LogP contribution >= 0.6 is 0 Å². The van der Waals surface area contributed by atoms with Gasteiger partial charge in [-0.05, 0) is 30.9 Å². The van der Waals surface area contributed by atoms with E-state index in [9.17, 15) is 0 Å². The fourth-order valence-corrected chi connectivity index (χ4v) is 2.45. The molecule has 1 heterocycles. The molecule has 2 nitrogen and oxygen atoms in total. The molecule has 2 heteroatoms. The summed E-state index contributed by atoms with van der Waals surface area (Å²) < 4.78 is 5.97. The number of benzene rings is 1. The molecule has 1 fully saturated rings. The minimum atomic E-state index is -0.0108. The van der Waals surface area contributed by atoms with E-state index in [1.807, 2.05) is 12.1 Å². The second-order valence-electron chi connectivity index (χ2n) is 4.36. The molecule has 2 unspecified atom stereocenters. The highest BCUT2D eigenvalue weighted by Gasteiger charge is 2.57. The maximum atomic E-state index is 9.09. The molecule has 1 aliphatic heterocycles. The molecule has 2 aliphatic rings. The molecule has 0 aromatic heterocycles. The third-order valence-electron chi connectivity index (χ3n) is 3.50. The molecule has 3 rings (SSSR count). The Morgan fingerprint density at radius 3 is 3.07 bits per heavy atom. The molecule has 1 aromatic rings.